The number of halogens is 1. The van der Waals surface area contributed by atoms with Crippen molar-refractivity contribution >= 4 is 22.5 Å². The third-order valence-corrected chi connectivity index (χ3v) is 2.81. The Morgan fingerprint density at radius 2 is 2.12 bits per heavy atom. The van der Waals surface area contributed by atoms with Gasteiger partial charge in [0.05, 0.1) is 16.1 Å². The zero-order valence-corrected chi connectivity index (χ0v) is 9.77. The van der Waals surface area contributed by atoms with E-state index in [4.69, 9.17) is 16.0 Å². The molecular formula is C12H8ClN3O. The summed E-state index contributed by atoms with van der Waals surface area (Å²) in [7, 11) is 0. The highest BCUT2D eigenvalue weighted by molar-refractivity contribution is 6.34. The Labute approximate surface area is 102 Å². The molecule has 3 aromatic rings. The van der Waals surface area contributed by atoms with Gasteiger partial charge in [-0.2, -0.15) is 0 Å². The lowest BCUT2D eigenvalue weighted by molar-refractivity contribution is 0.569. The third-order valence-electron chi connectivity index (χ3n) is 2.50. The van der Waals surface area contributed by atoms with Crippen molar-refractivity contribution in [2.24, 2.45) is 0 Å². The number of hydrogen-bond donors (Lipinski definition) is 0. The highest BCUT2D eigenvalue weighted by Crippen LogP contribution is 2.30. The van der Waals surface area contributed by atoms with Gasteiger partial charge in [0.15, 0.2) is 0 Å². The molecule has 84 valence electrons. The molecule has 0 aliphatic carbocycles. The van der Waals surface area contributed by atoms with Crippen LogP contribution in [0.15, 0.2) is 35.2 Å². The van der Waals surface area contributed by atoms with Crippen molar-refractivity contribution in [3.63, 3.8) is 0 Å². The Balaban J connectivity index is 2.29. The van der Waals surface area contributed by atoms with Crippen molar-refractivity contribution in [2.45, 2.75) is 6.92 Å². The van der Waals surface area contributed by atoms with E-state index < -0.39 is 0 Å². The summed E-state index contributed by atoms with van der Waals surface area (Å²) < 4.78 is 5.15. The Bertz CT molecular complexity index is 680. The Kier molecular flexibility index (Phi) is 2.30. The molecule has 0 aliphatic heterocycles. The largest absolute Gasteiger partial charge is 0.423 e. The Morgan fingerprint density at radius 3 is 2.88 bits per heavy atom. The standard InChI is InChI=1S/C12H8ClN3O/c1-7-2-8-3-9(12-16-15-6-17-12)10(13)4-11(8)14-5-7/h2-6H,1H3. The summed E-state index contributed by atoms with van der Waals surface area (Å²) in [6, 6.07) is 5.75. The lowest BCUT2D eigenvalue weighted by atomic mass is 10.1. The van der Waals surface area contributed by atoms with E-state index in [0.29, 0.717) is 10.9 Å². The van der Waals surface area contributed by atoms with Crippen LogP contribution in [0.1, 0.15) is 5.56 Å². The first-order valence-electron chi connectivity index (χ1n) is 5.06. The van der Waals surface area contributed by atoms with Crippen LogP contribution in [0.25, 0.3) is 22.4 Å². The Hall–Kier alpha value is -1.94. The van der Waals surface area contributed by atoms with E-state index in [0.717, 1.165) is 22.0 Å². The van der Waals surface area contributed by atoms with Crippen molar-refractivity contribution in [1.29, 1.82) is 0 Å². The maximum atomic E-state index is 6.17. The molecule has 0 spiro atoms. The number of aromatic nitrogens is 3. The molecule has 2 heterocycles. The molecule has 0 radical (unpaired) electrons. The van der Waals surface area contributed by atoms with Crippen LogP contribution in [0.2, 0.25) is 5.02 Å². The molecule has 1 aromatic carbocycles. The molecule has 2 aromatic heterocycles. The molecule has 0 N–H and O–H groups in total. The quantitative estimate of drug-likeness (QED) is 0.660. The molecule has 0 fully saturated rings. The van der Waals surface area contributed by atoms with Gasteiger partial charge in [-0.05, 0) is 30.7 Å². The monoisotopic (exact) mass is 245 g/mol. The van der Waals surface area contributed by atoms with Crippen LogP contribution in [-0.2, 0) is 0 Å². The van der Waals surface area contributed by atoms with Crippen molar-refractivity contribution in [3.8, 4) is 11.5 Å². The maximum absolute atomic E-state index is 6.17. The molecule has 0 aliphatic rings. The van der Waals surface area contributed by atoms with E-state index in [1.807, 2.05) is 25.3 Å². The molecule has 0 atom stereocenters. The summed E-state index contributed by atoms with van der Waals surface area (Å²) >= 11 is 6.17. The summed E-state index contributed by atoms with van der Waals surface area (Å²) in [5.74, 6) is 0.415. The van der Waals surface area contributed by atoms with Gasteiger partial charge in [0.1, 0.15) is 0 Å². The number of pyridine rings is 1. The summed E-state index contributed by atoms with van der Waals surface area (Å²) in [6.45, 7) is 1.99. The van der Waals surface area contributed by atoms with E-state index in [9.17, 15) is 0 Å². The zero-order chi connectivity index (χ0) is 11.8. The first kappa shape index (κ1) is 10.2. The number of nitrogens with zero attached hydrogens (tertiary/aromatic N) is 3. The minimum atomic E-state index is 0.415. The van der Waals surface area contributed by atoms with Crippen LogP contribution in [0.3, 0.4) is 0 Å². The predicted molar refractivity (Wildman–Crippen MR) is 64.8 cm³/mol. The average Bonchev–Trinajstić information content (AvgIpc) is 2.82. The fourth-order valence-corrected chi connectivity index (χ4v) is 1.95. The minimum Gasteiger partial charge on any atom is -0.423 e. The van der Waals surface area contributed by atoms with Gasteiger partial charge in [-0.1, -0.05) is 11.6 Å². The van der Waals surface area contributed by atoms with Crippen LogP contribution in [0, 0.1) is 6.92 Å². The fourth-order valence-electron chi connectivity index (χ4n) is 1.72. The average molecular weight is 246 g/mol. The van der Waals surface area contributed by atoms with Crippen LogP contribution < -0.4 is 0 Å². The second kappa shape index (κ2) is 3.82. The summed E-state index contributed by atoms with van der Waals surface area (Å²) in [5, 5.41) is 9.06. The van der Waals surface area contributed by atoms with Gasteiger partial charge in [-0.15, -0.1) is 10.2 Å². The summed E-state index contributed by atoms with van der Waals surface area (Å²) in [4.78, 5) is 4.31. The topological polar surface area (TPSA) is 51.8 Å². The molecular weight excluding hydrogens is 238 g/mol. The van der Waals surface area contributed by atoms with Crippen LogP contribution in [-0.4, -0.2) is 15.2 Å². The number of hydrogen-bond acceptors (Lipinski definition) is 4. The lowest BCUT2D eigenvalue weighted by Crippen LogP contribution is -1.85. The molecule has 5 heteroatoms. The number of benzene rings is 1. The number of rotatable bonds is 1. The fraction of sp³-hybridized carbons (Fsp3) is 0.0833. The van der Waals surface area contributed by atoms with E-state index in [-0.39, 0.29) is 0 Å². The van der Waals surface area contributed by atoms with Crippen LogP contribution in [0.5, 0.6) is 0 Å². The van der Waals surface area contributed by atoms with E-state index >= 15 is 0 Å². The Morgan fingerprint density at radius 1 is 1.24 bits per heavy atom. The molecule has 0 saturated heterocycles. The minimum absolute atomic E-state index is 0.415. The van der Waals surface area contributed by atoms with Crippen molar-refractivity contribution in [2.75, 3.05) is 0 Å². The van der Waals surface area contributed by atoms with Gasteiger partial charge in [-0.3, -0.25) is 4.98 Å². The van der Waals surface area contributed by atoms with Gasteiger partial charge < -0.3 is 4.42 Å². The first-order valence-corrected chi connectivity index (χ1v) is 5.44. The predicted octanol–water partition coefficient (Wildman–Crippen LogP) is 3.25. The third kappa shape index (κ3) is 1.76. The molecule has 0 bridgehead atoms. The number of aryl methyl sites for hydroxylation is 1. The normalized spacial score (nSPS) is 10.9. The lowest BCUT2D eigenvalue weighted by Gasteiger charge is -2.03. The smallest absolute Gasteiger partial charge is 0.248 e. The van der Waals surface area contributed by atoms with Crippen LogP contribution >= 0.6 is 11.6 Å². The molecule has 0 unspecified atom stereocenters. The van der Waals surface area contributed by atoms with Crippen molar-refractivity contribution < 1.29 is 4.42 Å². The SMILES string of the molecule is Cc1cnc2cc(Cl)c(-c3nnco3)cc2c1. The molecule has 17 heavy (non-hydrogen) atoms. The highest BCUT2D eigenvalue weighted by Gasteiger charge is 2.10. The highest BCUT2D eigenvalue weighted by atomic mass is 35.5. The maximum Gasteiger partial charge on any atom is 0.248 e. The molecule has 3 rings (SSSR count). The van der Waals surface area contributed by atoms with Gasteiger partial charge in [0.2, 0.25) is 12.3 Å². The second-order valence-corrected chi connectivity index (χ2v) is 4.19. The summed E-state index contributed by atoms with van der Waals surface area (Å²) in [6.07, 6.45) is 3.09. The van der Waals surface area contributed by atoms with Gasteiger partial charge >= 0.3 is 0 Å². The molecule has 0 saturated carbocycles. The van der Waals surface area contributed by atoms with Gasteiger partial charge in [0, 0.05) is 11.6 Å². The summed E-state index contributed by atoms with van der Waals surface area (Å²) in [5.41, 5.74) is 2.67. The molecule has 0 amide bonds. The van der Waals surface area contributed by atoms with Crippen molar-refractivity contribution in [1.82, 2.24) is 15.2 Å². The first-order chi connectivity index (χ1) is 8.24. The van der Waals surface area contributed by atoms with Gasteiger partial charge in [0.25, 0.3) is 0 Å². The van der Waals surface area contributed by atoms with E-state index in [2.05, 4.69) is 15.2 Å². The number of fused-ring (bicyclic) bond motifs is 1. The molecule has 4 nitrogen and oxygen atoms in total. The van der Waals surface area contributed by atoms with Crippen molar-refractivity contribution in [3.05, 3.63) is 41.4 Å². The van der Waals surface area contributed by atoms with Crippen LogP contribution in [0.4, 0.5) is 0 Å². The van der Waals surface area contributed by atoms with Gasteiger partial charge in [-0.25, -0.2) is 0 Å². The second-order valence-electron chi connectivity index (χ2n) is 3.78. The van der Waals surface area contributed by atoms with E-state index in [1.165, 1.54) is 6.39 Å². The van der Waals surface area contributed by atoms with E-state index in [1.54, 1.807) is 6.07 Å². The zero-order valence-electron chi connectivity index (χ0n) is 9.01.